The Hall–Kier alpha value is -1.75. The molecule has 1 amide bonds. The topological polar surface area (TPSA) is 89.8 Å². The van der Waals surface area contributed by atoms with Gasteiger partial charge in [-0.3, -0.25) is 4.79 Å². The van der Waals surface area contributed by atoms with Gasteiger partial charge in [0, 0.05) is 6.54 Å². The molecule has 19 heavy (non-hydrogen) atoms. The van der Waals surface area contributed by atoms with Gasteiger partial charge in [0.15, 0.2) is 0 Å². The van der Waals surface area contributed by atoms with Gasteiger partial charge < -0.3 is 20.6 Å². The molecule has 0 aromatic heterocycles. The number of aromatic hydroxyl groups is 2. The molecule has 0 saturated carbocycles. The van der Waals surface area contributed by atoms with E-state index < -0.39 is 12.0 Å². The molecule has 0 fully saturated rings. The van der Waals surface area contributed by atoms with E-state index in [1.807, 2.05) is 20.8 Å². The predicted molar refractivity (Wildman–Crippen MR) is 72.2 cm³/mol. The molecule has 0 bridgehead atoms. The molecule has 1 unspecified atom stereocenters. The van der Waals surface area contributed by atoms with E-state index in [-0.39, 0.29) is 29.0 Å². The van der Waals surface area contributed by atoms with Crippen molar-refractivity contribution in [3.8, 4) is 11.5 Å². The predicted octanol–water partition coefficient (Wildman–Crippen LogP) is 1.62. The van der Waals surface area contributed by atoms with Crippen LogP contribution in [-0.2, 0) is 0 Å². The van der Waals surface area contributed by atoms with Crippen molar-refractivity contribution >= 4 is 5.91 Å². The van der Waals surface area contributed by atoms with Gasteiger partial charge in [-0.05, 0) is 24.0 Å². The second kappa shape index (κ2) is 5.93. The van der Waals surface area contributed by atoms with Gasteiger partial charge in [0.1, 0.15) is 17.1 Å². The number of hydrogen-bond donors (Lipinski definition) is 4. The van der Waals surface area contributed by atoms with Gasteiger partial charge in [-0.2, -0.15) is 0 Å². The summed E-state index contributed by atoms with van der Waals surface area (Å²) < 4.78 is 0. The Morgan fingerprint density at radius 2 is 1.79 bits per heavy atom. The number of carbonyl (C=O) groups is 1. The second-order valence-corrected chi connectivity index (χ2v) is 5.80. The fourth-order valence-electron chi connectivity index (χ4n) is 1.84. The van der Waals surface area contributed by atoms with E-state index in [9.17, 15) is 20.1 Å². The van der Waals surface area contributed by atoms with Crippen molar-refractivity contribution in [1.29, 1.82) is 0 Å². The lowest BCUT2D eigenvalue weighted by atomic mass is 9.89. The van der Waals surface area contributed by atoms with Crippen molar-refractivity contribution in [3.63, 3.8) is 0 Å². The minimum absolute atomic E-state index is 0.0405. The number of carbonyl (C=O) groups excluding carboxylic acids is 1. The first-order valence-electron chi connectivity index (χ1n) is 6.18. The molecule has 0 heterocycles. The van der Waals surface area contributed by atoms with Gasteiger partial charge >= 0.3 is 0 Å². The summed E-state index contributed by atoms with van der Waals surface area (Å²) in [6.45, 7) is 6.05. The number of amides is 1. The Bertz CT molecular complexity index is 431. The average molecular weight is 267 g/mol. The van der Waals surface area contributed by atoms with Crippen LogP contribution in [0.1, 0.15) is 37.6 Å². The highest BCUT2D eigenvalue weighted by Gasteiger charge is 2.19. The van der Waals surface area contributed by atoms with E-state index in [4.69, 9.17) is 0 Å². The summed E-state index contributed by atoms with van der Waals surface area (Å²) in [4.78, 5) is 11.8. The molecule has 4 N–H and O–H groups in total. The highest BCUT2D eigenvalue weighted by Crippen LogP contribution is 2.26. The van der Waals surface area contributed by atoms with Crippen LogP contribution < -0.4 is 5.32 Å². The Morgan fingerprint density at radius 1 is 1.26 bits per heavy atom. The lowest BCUT2D eigenvalue weighted by Crippen LogP contribution is -2.34. The van der Waals surface area contributed by atoms with Gasteiger partial charge in [0.05, 0.1) is 6.10 Å². The Morgan fingerprint density at radius 3 is 2.26 bits per heavy atom. The first kappa shape index (κ1) is 15.3. The third-order valence-corrected chi connectivity index (χ3v) is 2.59. The number of phenolic OH excluding ortho intramolecular Hbond substituents is 2. The molecule has 0 aliphatic rings. The molecule has 5 nitrogen and oxygen atoms in total. The third kappa shape index (κ3) is 4.79. The van der Waals surface area contributed by atoms with Crippen molar-refractivity contribution in [2.45, 2.75) is 33.3 Å². The summed E-state index contributed by atoms with van der Waals surface area (Å²) in [5.41, 5.74) is -0.216. The maximum absolute atomic E-state index is 11.8. The van der Waals surface area contributed by atoms with Gasteiger partial charge in [-0.1, -0.05) is 26.8 Å². The van der Waals surface area contributed by atoms with Gasteiger partial charge in [0.2, 0.25) is 0 Å². The van der Waals surface area contributed by atoms with Crippen LogP contribution in [0.25, 0.3) is 0 Å². The third-order valence-electron chi connectivity index (χ3n) is 2.59. The van der Waals surface area contributed by atoms with Crippen LogP contribution in [0.5, 0.6) is 11.5 Å². The number of aliphatic hydroxyl groups is 1. The van der Waals surface area contributed by atoms with Crippen molar-refractivity contribution in [2.24, 2.45) is 5.41 Å². The number of hydrogen-bond acceptors (Lipinski definition) is 4. The molecule has 1 atom stereocenters. The smallest absolute Gasteiger partial charge is 0.258 e. The van der Waals surface area contributed by atoms with Crippen molar-refractivity contribution in [2.75, 3.05) is 6.54 Å². The summed E-state index contributed by atoms with van der Waals surface area (Å²) in [7, 11) is 0. The van der Waals surface area contributed by atoms with E-state index >= 15 is 0 Å². The SMILES string of the molecule is CC(C)(C)CC(O)CNC(=O)c1c(O)cccc1O. The molecule has 1 aromatic carbocycles. The van der Waals surface area contributed by atoms with Crippen LogP contribution in [0, 0.1) is 5.41 Å². The molecule has 106 valence electrons. The van der Waals surface area contributed by atoms with Crippen LogP contribution in [0.4, 0.5) is 0 Å². The zero-order valence-corrected chi connectivity index (χ0v) is 11.5. The molecule has 1 rings (SSSR count). The lowest BCUT2D eigenvalue weighted by molar-refractivity contribution is 0.0863. The largest absolute Gasteiger partial charge is 0.507 e. The normalized spacial score (nSPS) is 13.1. The summed E-state index contributed by atoms with van der Waals surface area (Å²) >= 11 is 0. The van der Waals surface area contributed by atoms with Crippen molar-refractivity contribution in [1.82, 2.24) is 5.32 Å². The maximum atomic E-state index is 11.8. The van der Waals surface area contributed by atoms with E-state index in [2.05, 4.69) is 5.32 Å². The van der Waals surface area contributed by atoms with Crippen molar-refractivity contribution in [3.05, 3.63) is 23.8 Å². The molecular formula is C14H21NO4. The molecule has 0 aliphatic heterocycles. The number of benzene rings is 1. The monoisotopic (exact) mass is 267 g/mol. The molecular weight excluding hydrogens is 246 g/mol. The highest BCUT2D eigenvalue weighted by molar-refractivity contribution is 5.99. The lowest BCUT2D eigenvalue weighted by Gasteiger charge is -2.22. The molecule has 0 aliphatic carbocycles. The molecule has 0 radical (unpaired) electrons. The Labute approximate surface area is 112 Å². The number of aliphatic hydroxyl groups excluding tert-OH is 1. The zero-order chi connectivity index (χ0) is 14.6. The standard InChI is InChI=1S/C14H21NO4/c1-14(2,3)7-9(16)8-15-13(19)12-10(17)5-4-6-11(12)18/h4-6,9,16-18H,7-8H2,1-3H3,(H,15,19). The maximum Gasteiger partial charge on any atom is 0.258 e. The molecule has 1 aromatic rings. The van der Waals surface area contributed by atoms with Gasteiger partial charge in [0.25, 0.3) is 5.91 Å². The average Bonchev–Trinajstić information content (AvgIpc) is 2.23. The van der Waals surface area contributed by atoms with Crippen LogP contribution in [0.15, 0.2) is 18.2 Å². The Balaban J connectivity index is 2.61. The minimum Gasteiger partial charge on any atom is -0.507 e. The summed E-state index contributed by atoms with van der Waals surface area (Å²) in [6.07, 6.45) is -0.128. The summed E-state index contributed by atoms with van der Waals surface area (Å²) in [5, 5.41) is 31.3. The first-order valence-corrected chi connectivity index (χ1v) is 6.18. The second-order valence-electron chi connectivity index (χ2n) is 5.80. The molecule has 0 saturated heterocycles. The van der Waals surface area contributed by atoms with Gasteiger partial charge in [-0.15, -0.1) is 0 Å². The first-order chi connectivity index (χ1) is 8.70. The fourth-order valence-corrected chi connectivity index (χ4v) is 1.84. The number of phenols is 2. The van der Waals surface area contributed by atoms with E-state index in [0.29, 0.717) is 6.42 Å². The number of rotatable bonds is 4. The van der Waals surface area contributed by atoms with E-state index in [0.717, 1.165) is 0 Å². The zero-order valence-electron chi connectivity index (χ0n) is 11.5. The quantitative estimate of drug-likeness (QED) is 0.667. The summed E-state index contributed by atoms with van der Waals surface area (Å²) in [5.74, 6) is -1.19. The molecule has 0 spiro atoms. The van der Waals surface area contributed by atoms with Crippen LogP contribution in [0.3, 0.4) is 0 Å². The van der Waals surface area contributed by atoms with Crippen LogP contribution in [-0.4, -0.2) is 33.9 Å². The van der Waals surface area contributed by atoms with E-state index in [1.54, 1.807) is 0 Å². The van der Waals surface area contributed by atoms with Crippen molar-refractivity contribution < 1.29 is 20.1 Å². The Kier molecular flexibility index (Phi) is 4.78. The van der Waals surface area contributed by atoms with E-state index in [1.165, 1.54) is 18.2 Å². The van der Waals surface area contributed by atoms with Gasteiger partial charge in [-0.25, -0.2) is 0 Å². The summed E-state index contributed by atoms with van der Waals surface area (Å²) in [6, 6.07) is 4.08. The highest BCUT2D eigenvalue weighted by atomic mass is 16.3. The fraction of sp³-hybridized carbons (Fsp3) is 0.500. The minimum atomic E-state index is -0.669. The molecule has 5 heteroatoms. The number of nitrogens with one attached hydrogen (secondary N) is 1. The van der Waals surface area contributed by atoms with Crippen LogP contribution >= 0.6 is 0 Å². The van der Waals surface area contributed by atoms with Crippen LogP contribution in [0.2, 0.25) is 0 Å².